The number of carbonyl (C=O) groups is 1. The van der Waals surface area contributed by atoms with E-state index in [1.165, 1.54) is 17.5 Å². The molecular formula is C14H10BrN3O3S. The second-order valence-electron chi connectivity index (χ2n) is 4.36. The Morgan fingerprint density at radius 3 is 3.00 bits per heavy atom. The van der Waals surface area contributed by atoms with Crippen LogP contribution in [-0.4, -0.2) is 21.2 Å². The summed E-state index contributed by atoms with van der Waals surface area (Å²) in [6.07, 6.45) is 2.38. The fourth-order valence-corrected chi connectivity index (χ4v) is 2.71. The highest BCUT2D eigenvalue weighted by molar-refractivity contribution is 9.10. The van der Waals surface area contributed by atoms with Gasteiger partial charge < -0.3 is 9.15 Å². The lowest BCUT2D eigenvalue weighted by molar-refractivity contribution is 0.0279. The standard InChI is InChI=1S/C14H10BrN3O3S/c1-8(20-14(19)9-5-10(15)7-16-6-9)12-17-18-13(21-12)11-3-2-4-22-11/h2-8H,1H3. The first-order valence-electron chi connectivity index (χ1n) is 6.32. The summed E-state index contributed by atoms with van der Waals surface area (Å²) in [5.74, 6) is 0.161. The highest BCUT2D eigenvalue weighted by atomic mass is 79.9. The summed E-state index contributed by atoms with van der Waals surface area (Å²) in [7, 11) is 0. The molecule has 0 bridgehead atoms. The summed E-state index contributed by atoms with van der Waals surface area (Å²) in [5.41, 5.74) is 0.347. The van der Waals surface area contributed by atoms with Crippen LogP contribution in [0.2, 0.25) is 0 Å². The van der Waals surface area contributed by atoms with Crippen molar-refractivity contribution in [2.24, 2.45) is 0 Å². The molecule has 0 N–H and O–H groups in total. The third-order valence-electron chi connectivity index (χ3n) is 2.74. The lowest BCUT2D eigenvalue weighted by Crippen LogP contribution is -2.09. The number of rotatable bonds is 4. The van der Waals surface area contributed by atoms with Gasteiger partial charge in [0.25, 0.3) is 11.8 Å². The van der Waals surface area contributed by atoms with Crippen molar-refractivity contribution in [2.45, 2.75) is 13.0 Å². The minimum Gasteiger partial charge on any atom is -0.449 e. The molecule has 3 heterocycles. The van der Waals surface area contributed by atoms with Crippen molar-refractivity contribution in [3.63, 3.8) is 0 Å². The van der Waals surface area contributed by atoms with Gasteiger partial charge in [-0.05, 0) is 40.4 Å². The number of ether oxygens (including phenoxy) is 1. The van der Waals surface area contributed by atoms with Crippen molar-refractivity contribution in [1.29, 1.82) is 0 Å². The molecule has 0 aromatic carbocycles. The molecule has 8 heteroatoms. The maximum Gasteiger partial charge on any atom is 0.340 e. The molecule has 0 spiro atoms. The van der Waals surface area contributed by atoms with Crippen LogP contribution in [-0.2, 0) is 4.74 Å². The minimum absolute atomic E-state index is 0.250. The molecule has 1 atom stereocenters. The molecule has 0 amide bonds. The SMILES string of the molecule is CC(OC(=O)c1cncc(Br)c1)c1nnc(-c2cccs2)o1. The Bertz CT molecular complexity index is 788. The van der Waals surface area contributed by atoms with E-state index >= 15 is 0 Å². The molecule has 0 saturated carbocycles. The predicted octanol–water partition coefficient (Wildman–Crippen LogP) is 3.87. The fraction of sp³-hybridized carbons (Fsp3) is 0.143. The molecule has 1 unspecified atom stereocenters. The molecule has 0 aliphatic carbocycles. The van der Waals surface area contributed by atoms with Gasteiger partial charge in [0.1, 0.15) is 0 Å². The molecule has 112 valence electrons. The van der Waals surface area contributed by atoms with Crippen molar-refractivity contribution in [3.05, 3.63) is 51.9 Å². The molecule has 6 nitrogen and oxygen atoms in total. The van der Waals surface area contributed by atoms with Crippen LogP contribution in [0.15, 0.2) is 44.9 Å². The van der Waals surface area contributed by atoms with Crippen LogP contribution in [0.5, 0.6) is 0 Å². The summed E-state index contributed by atoms with van der Waals surface area (Å²) in [4.78, 5) is 16.8. The largest absolute Gasteiger partial charge is 0.449 e. The van der Waals surface area contributed by atoms with Gasteiger partial charge in [-0.3, -0.25) is 4.98 Å². The van der Waals surface area contributed by atoms with E-state index in [4.69, 9.17) is 9.15 Å². The van der Waals surface area contributed by atoms with Crippen LogP contribution in [0.25, 0.3) is 10.8 Å². The number of carbonyl (C=O) groups excluding carboxylic acids is 1. The molecule has 3 aromatic heterocycles. The zero-order chi connectivity index (χ0) is 15.5. The van der Waals surface area contributed by atoms with E-state index in [0.717, 1.165) is 4.88 Å². The van der Waals surface area contributed by atoms with E-state index in [1.54, 1.807) is 19.2 Å². The number of hydrogen-bond acceptors (Lipinski definition) is 7. The highest BCUT2D eigenvalue weighted by Gasteiger charge is 2.20. The Kier molecular flexibility index (Phi) is 4.30. The Morgan fingerprint density at radius 1 is 1.41 bits per heavy atom. The fourth-order valence-electron chi connectivity index (χ4n) is 1.70. The van der Waals surface area contributed by atoms with Crippen molar-refractivity contribution in [1.82, 2.24) is 15.2 Å². The second-order valence-corrected chi connectivity index (χ2v) is 6.23. The first kappa shape index (κ1) is 14.9. The van der Waals surface area contributed by atoms with E-state index < -0.39 is 12.1 Å². The van der Waals surface area contributed by atoms with Crippen molar-refractivity contribution < 1.29 is 13.9 Å². The number of hydrogen-bond donors (Lipinski definition) is 0. The minimum atomic E-state index is -0.646. The van der Waals surface area contributed by atoms with Gasteiger partial charge in [-0.1, -0.05) is 6.07 Å². The molecule has 3 rings (SSSR count). The zero-order valence-corrected chi connectivity index (χ0v) is 13.8. The summed E-state index contributed by atoms with van der Waals surface area (Å²) < 4.78 is 11.6. The lowest BCUT2D eigenvalue weighted by atomic mass is 10.3. The van der Waals surface area contributed by atoms with Crippen LogP contribution in [0.3, 0.4) is 0 Å². The number of pyridine rings is 1. The van der Waals surface area contributed by atoms with Gasteiger partial charge in [0.2, 0.25) is 0 Å². The molecule has 0 aliphatic heterocycles. The first-order chi connectivity index (χ1) is 10.6. The maximum absolute atomic E-state index is 12.0. The van der Waals surface area contributed by atoms with Gasteiger partial charge in [-0.2, -0.15) is 0 Å². The third-order valence-corrected chi connectivity index (χ3v) is 4.04. The summed E-state index contributed by atoms with van der Waals surface area (Å²) in [6.45, 7) is 1.68. The number of esters is 1. The van der Waals surface area contributed by atoms with E-state index in [0.29, 0.717) is 15.9 Å². The molecule has 0 aliphatic rings. The molecule has 3 aromatic rings. The Morgan fingerprint density at radius 2 is 2.27 bits per heavy atom. The van der Waals surface area contributed by atoms with Gasteiger partial charge in [0.15, 0.2) is 6.10 Å². The Balaban J connectivity index is 1.72. The number of thiophene rings is 1. The van der Waals surface area contributed by atoms with E-state index in [2.05, 4.69) is 31.1 Å². The summed E-state index contributed by atoms with van der Waals surface area (Å²) in [6, 6.07) is 5.41. The van der Waals surface area contributed by atoms with Gasteiger partial charge >= 0.3 is 5.97 Å². The quantitative estimate of drug-likeness (QED) is 0.640. The van der Waals surface area contributed by atoms with Crippen LogP contribution >= 0.6 is 27.3 Å². The van der Waals surface area contributed by atoms with Crippen LogP contribution < -0.4 is 0 Å². The highest BCUT2D eigenvalue weighted by Crippen LogP contribution is 2.26. The number of halogens is 1. The van der Waals surface area contributed by atoms with Gasteiger partial charge in [0, 0.05) is 16.9 Å². The van der Waals surface area contributed by atoms with E-state index in [9.17, 15) is 4.79 Å². The zero-order valence-electron chi connectivity index (χ0n) is 11.4. The van der Waals surface area contributed by atoms with E-state index in [1.807, 2.05) is 17.5 Å². The first-order valence-corrected chi connectivity index (χ1v) is 7.99. The molecule has 0 radical (unpaired) electrons. The van der Waals surface area contributed by atoms with Gasteiger partial charge in [0.05, 0.1) is 10.4 Å². The van der Waals surface area contributed by atoms with Crippen LogP contribution in [0.4, 0.5) is 0 Å². The molecule has 0 fully saturated rings. The van der Waals surface area contributed by atoms with Crippen molar-refractivity contribution in [3.8, 4) is 10.8 Å². The van der Waals surface area contributed by atoms with Crippen molar-refractivity contribution >= 4 is 33.2 Å². The maximum atomic E-state index is 12.0. The predicted molar refractivity (Wildman–Crippen MR) is 83.4 cm³/mol. The molecular weight excluding hydrogens is 370 g/mol. The average molecular weight is 380 g/mol. The summed E-state index contributed by atoms with van der Waals surface area (Å²) >= 11 is 4.75. The number of aromatic nitrogens is 3. The van der Waals surface area contributed by atoms with Gasteiger partial charge in [-0.25, -0.2) is 4.79 Å². The normalized spacial score (nSPS) is 12.1. The third kappa shape index (κ3) is 3.23. The summed E-state index contributed by atoms with van der Waals surface area (Å²) in [5, 5.41) is 9.80. The second kappa shape index (κ2) is 6.37. The Hall–Kier alpha value is -2.06. The van der Waals surface area contributed by atoms with Gasteiger partial charge in [-0.15, -0.1) is 21.5 Å². The van der Waals surface area contributed by atoms with E-state index in [-0.39, 0.29) is 5.89 Å². The Labute approximate surface area is 138 Å². The van der Waals surface area contributed by atoms with Crippen molar-refractivity contribution in [2.75, 3.05) is 0 Å². The van der Waals surface area contributed by atoms with Crippen LogP contribution in [0.1, 0.15) is 29.3 Å². The number of nitrogens with zero attached hydrogens (tertiary/aromatic N) is 3. The topological polar surface area (TPSA) is 78.1 Å². The lowest BCUT2D eigenvalue weighted by Gasteiger charge is -2.09. The monoisotopic (exact) mass is 379 g/mol. The molecule has 22 heavy (non-hydrogen) atoms. The molecule has 0 saturated heterocycles. The van der Waals surface area contributed by atoms with Crippen LogP contribution in [0, 0.1) is 0 Å². The average Bonchev–Trinajstić information content (AvgIpc) is 3.18. The smallest absolute Gasteiger partial charge is 0.340 e.